The fraction of sp³-hybridized carbons (Fsp3) is 0.412. The van der Waals surface area contributed by atoms with Crippen LogP contribution in [0.2, 0.25) is 0 Å². The van der Waals surface area contributed by atoms with Gasteiger partial charge in [0.2, 0.25) is 5.91 Å². The minimum atomic E-state index is -0.840. The molecule has 4 aliphatic rings. The third kappa shape index (κ3) is 2.17. The van der Waals surface area contributed by atoms with Crippen LogP contribution in [-0.2, 0) is 9.59 Å². The van der Waals surface area contributed by atoms with Gasteiger partial charge in [-0.25, -0.2) is 0 Å². The number of carboxylic acids is 1. The van der Waals surface area contributed by atoms with E-state index in [1.54, 1.807) is 0 Å². The SMILES string of the molecule is O=C(Nc1ccc(I)cc1)[C@@H]1[C@@H]2C=C[C@H]([C@H]3C[C@H]23)[C@@H]1C(=O)O. The van der Waals surface area contributed by atoms with Crippen molar-refractivity contribution in [2.75, 3.05) is 5.32 Å². The Morgan fingerprint density at radius 2 is 1.64 bits per heavy atom. The van der Waals surface area contributed by atoms with E-state index in [0.29, 0.717) is 11.8 Å². The van der Waals surface area contributed by atoms with Crippen LogP contribution < -0.4 is 5.32 Å². The minimum Gasteiger partial charge on any atom is -0.481 e. The van der Waals surface area contributed by atoms with E-state index in [0.717, 1.165) is 15.7 Å². The van der Waals surface area contributed by atoms with Crippen LogP contribution >= 0.6 is 22.6 Å². The average Bonchev–Trinajstić information content (AvgIpc) is 3.30. The number of anilines is 1. The maximum atomic E-state index is 12.7. The van der Waals surface area contributed by atoms with Crippen molar-refractivity contribution < 1.29 is 14.7 Å². The van der Waals surface area contributed by atoms with Crippen LogP contribution in [0.3, 0.4) is 0 Å². The van der Waals surface area contributed by atoms with Crippen molar-refractivity contribution in [3.63, 3.8) is 0 Å². The van der Waals surface area contributed by atoms with Crippen molar-refractivity contribution in [2.24, 2.45) is 35.5 Å². The maximum Gasteiger partial charge on any atom is 0.307 e. The number of rotatable bonds is 3. The van der Waals surface area contributed by atoms with Crippen LogP contribution in [-0.4, -0.2) is 17.0 Å². The van der Waals surface area contributed by atoms with Gasteiger partial charge in [0.05, 0.1) is 11.8 Å². The maximum absolute atomic E-state index is 12.7. The Labute approximate surface area is 142 Å². The summed E-state index contributed by atoms with van der Waals surface area (Å²) in [6.07, 6.45) is 5.18. The molecule has 2 fully saturated rings. The summed E-state index contributed by atoms with van der Waals surface area (Å²) in [5.74, 6) is -0.916. The Morgan fingerprint density at radius 3 is 2.23 bits per heavy atom. The standard InChI is InChI=1S/C17H16INO3/c18-8-1-3-9(4-2-8)19-16(20)14-10-5-6-11(13-7-12(10)13)15(14)17(21)22/h1-6,10-15H,7H2,(H,19,20)(H,21,22)/t10-,11-,12-,13-,14-,15+/m1/s1. The minimum absolute atomic E-state index is 0.0278. The van der Waals surface area contributed by atoms with Gasteiger partial charge in [0.25, 0.3) is 0 Å². The number of carboxylic acid groups (broad SMARTS) is 1. The first kappa shape index (κ1) is 14.2. The summed E-state index contributed by atoms with van der Waals surface area (Å²) in [6.45, 7) is 0. The Bertz CT molecular complexity index is 669. The molecule has 0 radical (unpaired) electrons. The number of hydrogen-bond donors (Lipinski definition) is 2. The van der Waals surface area contributed by atoms with Gasteiger partial charge in [-0.3, -0.25) is 9.59 Å². The predicted molar refractivity (Wildman–Crippen MR) is 90.1 cm³/mol. The van der Waals surface area contributed by atoms with Crippen molar-refractivity contribution in [1.29, 1.82) is 0 Å². The monoisotopic (exact) mass is 409 g/mol. The zero-order valence-electron chi connectivity index (χ0n) is 11.8. The lowest BCUT2D eigenvalue weighted by Gasteiger charge is -2.41. The second kappa shape index (κ2) is 5.08. The smallest absolute Gasteiger partial charge is 0.307 e. The number of allylic oxidation sites excluding steroid dienone is 2. The van der Waals surface area contributed by atoms with E-state index in [4.69, 9.17) is 0 Å². The van der Waals surface area contributed by atoms with Crippen LogP contribution in [0.25, 0.3) is 0 Å². The molecule has 4 aliphatic carbocycles. The highest BCUT2D eigenvalue weighted by Gasteiger charge is 2.62. The number of nitrogens with one attached hydrogen (secondary N) is 1. The molecule has 0 unspecified atom stereocenters. The van der Waals surface area contributed by atoms with Gasteiger partial charge < -0.3 is 10.4 Å². The van der Waals surface area contributed by atoms with E-state index in [-0.39, 0.29) is 17.7 Å². The summed E-state index contributed by atoms with van der Waals surface area (Å²) in [4.78, 5) is 24.4. The molecule has 2 saturated carbocycles. The molecular weight excluding hydrogens is 393 g/mol. The van der Waals surface area contributed by atoms with Crippen molar-refractivity contribution in [2.45, 2.75) is 6.42 Å². The van der Waals surface area contributed by atoms with Gasteiger partial charge in [-0.05, 0) is 76.9 Å². The van der Waals surface area contributed by atoms with Crippen molar-refractivity contribution >= 4 is 40.2 Å². The summed E-state index contributed by atoms with van der Waals surface area (Å²) in [5.41, 5.74) is 0.729. The number of fused-ring (bicyclic) bond motifs is 1. The molecule has 5 heteroatoms. The molecule has 1 aromatic carbocycles. The summed E-state index contributed by atoms with van der Waals surface area (Å²) < 4.78 is 1.10. The molecule has 1 amide bonds. The number of halogens is 1. The molecule has 0 heterocycles. The highest BCUT2D eigenvalue weighted by molar-refractivity contribution is 14.1. The Morgan fingerprint density at radius 1 is 1.05 bits per heavy atom. The van der Waals surface area contributed by atoms with Crippen molar-refractivity contribution in [3.8, 4) is 0 Å². The molecular formula is C17H16INO3. The highest BCUT2D eigenvalue weighted by atomic mass is 127. The molecule has 22 heavy (non-hydrogen) atoms. The number of benzene rings is 1. The molecule has 2 bridgehead atoms. The molecule has 6 atom stereocenters. The van der Waals surface area contributed by atoms with Crippen molar-refractivity contribution in [1.82, 2.24) is 0 Å². The van der Waals surface area contributed by atoms with Gasteiger partial charge >= 0.3 is 5.97 Å². The van der Waals surface area contributed by atoms with E-state index in [1.165, 1.54) is 0 Å². The topological polar surface area (TPSA) is 66.4 Å². The molecule has 0 aromatic heterocycles. The first-order valence-corrected chi connectivity index (χ1v) is 8.61. The molecule has 114 valence electrons. The van der Waals surface area contributed by atoms with E-state index < -0.39 is 17.8 Å². The number of carbonyl (C=O) groups is 2. The van der Waals surface area contributed by atoms with Gasteiger partial charge in [0.1, 0.15) is 0 Å². The zero-order valence-corrected chi connectivity index (χ0v) is 13.9. The quantitative estimate of drug-likeness (QED) is 0.596. The van der Waals surface area contributed by atoms with Gasteiger partial charge in [0, 0.05) is 9.26 Å². The normalized spacial score (nSPS) is 37.5. The summed E-state index contributed by atoms with van der Waals surface area (Å²) in [5, 5.41) is 12.5. The lowest BCUT2D eigenvalue weighted by atomic mass is 9.62. The average molecular weight is 409 g/mol. The van der Waals surface area contributed by atoms with Gasteiger partial charge in [-0.2, -0.15) is 0 Å². The number of hydrogen-bond acceptors (Lipinski definition) is 2. The largest absolute Gasteiger partial charge is 0.481 e. The third-order valence-electron chi connectivity index (χ3n) is 5.35. The van der Waals surface area contributed by atoms with Crippen LogP contribution in [0.4, 0.5) is 5.69 Å². The Kier molecular flexibility index (Phi) is 3.29. The van der Waals surface area contributed by atoms with E-state index >= 15 is 0 Å². The molecule has 0 saturated heterocycles. The van der Waals surface area contributed by atoms with Crippen LogP contribution in [0.1, 0.15) is 6.42 Å². The van der Waals surface area contributed by atoms with Crippen LogP contribution in [0, 0.1) is 39.1 Å². The summed E-state index contributed by atoms with van der Waals surface area (Å²) >= 11 is 2.21. The second-order valence-electron chi connectivity index (χ2n) is 6.49. The lowest BCUT2D eigenvalue weighted by Crippen LogP contribution is -2.48. The third-order valence-corrected chi connectivity index (χ3v) is 6.07. The van der Waals surface area contributed by atoms with E-state index in [2.05, 4.69) is 34.0 Å². The number of amides is 1. The fourth-order valence-electron chi connectivity index (χ4n) is 4.33. The Hall–Kier alpha value is -1.37. The first-order valence-electron chi connectivity index (χ1n) is 7.54. The van der Waals surface area contributed by atoms with Crippen LogP contribution in [0.5, 0.6) is 0 Å². The van der Waals surface area contributed by atoms with E-state index in [1.807, 2.05) is 30.3 Å². The molecule has 0 spiro atoms. The van der Waals surface area contributed by atoms with Crippen LogP contribution in [0.15, 0.2) is 36.4 Å². The predicted octanol–water partition coefficient (Wildman–Crippen LogP) is 3.00. The number of carbonyl (C=O) groups excluding carboxylic acids is 1. The molecule has 5 rings (SSSR count). The lowest BCUT2D eigenvalue weighted by molar-refractivity contribution is -0.152. The fourth-order valence-corrected chi connectivity index (χ4v) is 4.69. The summed E-state index contributed by atoms with van der Waals surface area (Å²) in [6, 6.07) is 7.56. The number of aliphatic carboxylic acids is 1. The van der Waals surface area contributed by atoms with Gasteiger partial charge in [-0.1, -0.05) is 12.2 Å². The van der Waals surface area contributed by atoms with E-state index in [9.17, 15) is 14.7 Å². The zero-order chi connectivity index (χ0) is 15.4. The molecule has 1 aromatic rings. The summed E-state index contributed by atoms with van der Waals surface area (Å²) in [7, 11) is 0. The second-order valence-corrected chi connectivity index (χ2v) is 7.73. The molecule has 0 aliphatic heterocycles. The molecule has 4 nitrogen and oxygen atoms in total. The van der Waals surface area contributed by atoms with Gasteiger partial charge in [0.15, 0.2) is 0 Å². The highest BCUT2D eigenvalue weighted by Crippen LogP contribution is 2.63. The Balaban J connectivity index is 1.60. The molecule has 2 N–H and O–H groups in total. The van der Waals surface area contributed by atoms with Gasteiger partial charge in [-0.15, -0.1) is 0 Å². The first-order chi connectivity index (χ1) is 10.6. The van der Waals surface area contributed by atoms with Crippen molar-refractivity contribution in [3.05, 3.63) is 40.0 Å².